The van der Waals surface area contributed by atoms with Crippen molar-refractivity contribution >= 4 is 21.6 Å². The van der Waals surface area contributed by atoms with Crippen molar-refractivity contribution in [2.45, 2.75) is 38.1 Å². The molecule has 0 heterocycles. The Morgan fingerprint density at radius 1 is 0.921 bits per heavy atom. The smallest absolute Gasteiger partial charge is 0.264 e. The highest BCUT2D eigenvalue weighted by Crippen LogP contribution is 2.33. The summed E-state index contributed by atoms with van der Waals surface area (Å²) in [7, 11) is -1.25. The molecule has 0 unspecified atom stereocenters. The molecule has 0 bridgehead atoms. The number of carbonyl (C=O) groups excluding carboxylic acids is 1. The summed E-state index contributed by atoms with van der Waals surface area (Å²) in [5.74, 6) is 1.17. The van der Waals surface area contributed by atoms with Gasteiger partial charge in [-0.05, 0) is 61.2 Å². The zero-order valence-electron chi connectivity index (χ0n) is 22.5. The lowest BCUT2D eigenvalue weighted by atomic mass is 9.97. The van der Waals surface area contributed by atoms with Gasteiger partial charge in [0.25, 0.3) is 10.0 Å². The van der Waals surface area contributed by atoms with Gasteiger partial charge < -0.3 is 19.5 Å². The molecule has 38 heavy (non-hydrogen) atoms. The largest absolute Gasteiger partial charge is 0.494 e. The fourth-order valence-corrected chi connectivity index (χ4v) is 5.54. The van der Waals surface area contributed by atoms with Crippen LogP contribution in [0.2, 0.25) is 0 Å². The Morgan fingerprint density at radius 3 is 2.16 bits per heavy atom. The summed E-state index contributed by atoms with van der Waals surface area (Å²) in [6.45, 7) is 6.09. The van der Waals surface area contributed by atoms with Gasteiger partial charge in [0.05, 0.1) is 37.5 Å². The van der Waals surface area contributed by atoms with Gasteiger partial charge in [-0.1, -0.05) is 44.2 Å². The molecule has 3 aromatic carbocycles. The van der Waals surface area contributed by atoms with Crippen molar-refractivity contribution in [1.82, 2.24) is 5.32 Å². The number of hydrogen-bond acceptors (Lipinski definition) is 6. The molecule has 1 N–H and O–H groups in total. The van der Waals surface area contributed by atoms with Gasteiger partial charge in [0.15, 0.2) is 11.5 Å². The second kappa shape index (κ2) is 13.2. The average molecular weight is 541 g/mol. The molecule has 0 saturated carbocycles. The summed E-state index contributed by atoms with van der Waals surface area (Å²) < 4.78 is 45.0. The molecule has 3 rings (SSSR count). The van der Waals surface area contributed by atoms with Gasteiger partial charge in [0.1, 0.15) is 12.3 Å². The number of hydrogen-bond donors (Lipinski definition) is 1. The van der Waals surface area contributed by atoms with E-state index in [1.807, 2.05) is 37.3 Å². The van der Waals surface area contributed by atoms with E-state index in [0.29, 0.717) is 36.1 Å². The molecule has 0 saturated heterocycles. The van der Waals surface area contributed by atoms with Crippen LogP contribution in [0, 0.1) is 5.92 Å². The fourth-order valence-electron chi connectivity index (χ4n) is 4.10. The molecule has 3 aromatic rings. The highest BCUT2D eigenvalue weighted by molar-refractivity contribution is 7.92. The minimum Gasteiger partial charge on any atom is -0.494 e. The molecule has 0 aliphatic heterocycles. The van der Waals surface area contributed by atoms with Crippen LogP contribution < -0.4 is 23.8 Å². The number of carbonyl (C=O) groups is 1. The van der Waals surface area contributed by atoms with Crippen molar-refractivity contribution in [2.75, 3.05) is 31.7 Å². The second-order valence-electron chi connectivity index (χ2n) is 9.12. The number of rotatable bonds is 13. The molecule has 204 valence electrons. The normalized spacial score (nSPS) is 12.1. The molecule has 0 aromatic heterocycles. The van der Waals surface area contributed by atoms with Crippen molar-refractivity contribution in [1.29, 1.82) is 0 Å². The van der Waals surface area contributed by atoms with Crippen LogP contribution in [0.1, 0.15) is 38.8 Å². The summed E-state index contributed by atoms with van der Waals surface area (Å²) >= 11 is 0. The summed E-state index contributed by atoms with van der Waals surface area (Å²) in [4.78, 5) is 13.3. The van der Waals surface area contributed by atoms with E-state index < -0.39 is 22.5 Å². The molecule has 0 spiro atoms. The molecular formula is C29H36N2O6S. The Labute approximate surface area is 225 Å². The summed E-state index contributed by atoms with van der Waals surface area (Å²) in [5, 5.41) is 3.05. The lowest BCUT2D eigenvalue weighted by molar-refractivity contribution is -0.120. The number of benzene rings is 3. The zero-order chi connectivity index (χ0) is 27.7. The third kappa shape index (κ3) is 7.19. The Bertz CT molecular complexity index is 1290. The van der Waals surface area contributed by atoms with Gasteiger partial charge in [-0.25, -0.2) is 8.42 Å². The van der Waals surface area contributed by atoms with E-state index in [2.05, 4.69) is 19.2 Å². The van der Waals surface area contributed by atoms with E-state index in [1.54, 1.807) is 24.3 Å². The summed E-state index contributed by atoms with van der Waals surface area (Å²) in [6.07, 6.45) is 0.710. The van der Waals surface area contributed by atoms with E-state index in [9.17, 15) is 13.2 Å². The van der Waals surface area contributed by atoms with Gasteiger partial charge in [0.2, 0.25) is 5.91 Å². The van der Waals surface area contributed by atoms with Crippen molar-refractivity contribution in [3.63, 3.8) is 0 Å². The Morgan fingerprint density at radius 2 is 1.58 bits per heavy atom. The molecule has 8 nitrogen and oxygen atoms in total. The van der Waals surface area contributed by atoms with Gasteiger partial charge in [-0.15, -0.1) is 0 Å². The van der Waals surface area contributed by atoms with Crippen LogP contribution in [-0.4, -0.2) is 41.7 Å². The van der Waals surface area contributed by atoms with Crippen LogP contribution in [0.5, 0.6) is 17.2 Å². The van der Waals surface area contributed by atoms with E-state index in [0.717, 1.165) is 9.87 Å². The Hall–Kier alpha value is -3.72. The molecule has 0 aliphatic carbocycles. The predicted octanol–water partition coefficient (Wildman–Crippen LogP) is 5.20. The van der Waals surface area contributed by atoms with Crippen LogP contribution in [0.3, 0.4) is 0 Å². The van der Waals surface area contributed by atoms with Crippen molar-refractivity contribution in [3.8, 4) is 17.2 Å². The standard InChI is InChI=1S/C29H36N2O6S/c1-6-37-24-14-12-23(13-15-24)31(38(33,34)25-16-17-27(35-4)28(19-25)36-5)20-29(32)30-26(18-21(2)3)22-10-8-7-9-11-22/h7-17,19,21,26H,6,18,20H2,1-5H3,(H,30,32)/t26-/m1/s1. The molecule has 9 heteroatoms. The fraction of sp³-hybridized carbons (Fsp3) is 0.345. The maximum atomic E-state index is 13.9. The number of nitrogens with one attached hydrogen (secondary N) is 1. The minimum atomic E-state index is -4.16. The first-order valence-electron chi connectivity index (χ1n) is 12.5. The maximum Gasteiger partial charge on any atom is 0.264 e. The van der Waals surface area contributed by atoms with E-state index in [1.165, 1.54) is 32.4 Å². The first-order chi connectivity index (χ1) is 18.2. The maximum absolute atomic E-state index is 13.9. The Balaban J connectivity index is 1.98. The third-order valence-corrected chi connectivity index (χ3v) is 7.68. The molecule has 1 amide bonds. The number of amides is 1. The lowest BCUT2D eigenvalue weighted by Crippen LogP contribution is -2.42. The number of methoxy groups -OCH3 is 2. The molecule has 0 aliphatic rings. The first kappa shape index (κ1) is 28.8. The molecular weight excluding hydrogens is 504 g/mol. The predicted molar refractivity (Wildman–Crippen MR) is 148 cm³/mol. The monoisotopic (exact) mass is 540 g/mol. The van der Waals surface area contributed by atoms with Gasteiger partial charge >= 0.3 is 0 Å². The van der Waals surface area contributed by atoms with Crippen molar-refractivity contribution in [2.24, 2.45) is 5.92 Å². The topological polar surface area (TPSA) is 94.2 Å². The minimum absolute atomic E-state index is 0.0291. The lowest BCUT2D eigenvalue weighted by Gasteiger charge is -2.27. The first-order valence-corrected chi connectivity index (χ1v) is 14.0. The van der Waals surface area contributed by atoms with Crippen molar-refractivity contribution in [3.05, 3.63) is 78.4 Å². The molecule has 0 radical (unpaired) electrons. The quantitative estimate of drug-likeness (QED) is 0.320. The second-order valence-corrected chi connectivity index (χ2v) is 11.0. The average Bonchev–Trinajstić information content (AvgIpc) is 2.91. The van der Waals surface area contributed by atoms with Gasteiger partial charge in [-0.3, -0.25) is 9.10 Å². The highest BCUT2D eigenvalue weighted by Gasteiger charge is 2.29. The number of sulfonamides is 1. The van der Waals surface area contributed by atoms with E-state index >= 15 is 0 Å². The van der Waals surface area contributed by atoms with Crippen LogP contribution in [-0.2, 0) is 14.8 Å². The van der Waals surface area contributed by atoms with Crippen LogP contribution in [0.15, 0.2) is 77.7 Å². The number of anilines is 1. The molecule has 0 fully saturated rings. The zero-order valence-corrected chi connectivity index (χ0v) is 23.3. The van der Waals surface area contributed by atoms with Crippen LogP contribution in [0.4, 0.5) is 5.69 Å². The van der Waals surface area contributed by atoms with Gasteiger partial charge in [-0.2, -0.15) is 0 Å². The number of nitrogens with zero attached hydrogens (tertiary/aromatic N) is 1. The molecule has 1 atom stereocenters. The third-order valence-electron chi connectivity index (χ3n) is 5.91. The summed E-state index contributed by atoms with van der Waals surface area (Å²) in [5.41, 5.74) is 1.29. The van der Waals surface area contributed by atoms with E-state index in [-0.39, 0.29) is 16.7 Å². The van der Waals surface area contributed by atoms with E-state index in [4.69, 9.17) is 14.2 Å². The number of ether oxygens (including phenoxy) is 3. The Kier molecular flexibility index (Phi) is 10.0. The van der Waals surface area contributed by atoms with Crippen LogP contribution >= 0.6 is 0 Å². The summed E-state index contributed by atoms with van der Waals surface area (Å²) in [6, 6.07) is 20.4. The van der Waals surface area contributed by atoms with Gasteiger partial charge in [0, 0.05) is 6.07 Å². The van der Waals surface area contributed by atoms with Crippen LogP contribution in [0.25, 0.3) is 0 Å². The highest BCUT2D eigenvalue weighted by atomic mass is 32.2. The van der Waals surface area contributed by atoms with Crippen molar-refractivity contribution < 1.29 is 27.4 Å². The SMILES string of the molecule is CCOc1ccc(N(CC(=O)N[C@H](CC(C)C)c2ccccc2)S(=O)(=O)c2ccc(OC)c(OC)c2)cc1.